The van der Waals surface area contributed by atoms with Crippen LogP contribution in [0.25, 0.3) is 0 Å². The van der Waals surface area contributed by atoms with E-state index < -0.39 is 5.54 Å². The van der Waals surface area contributed by atoms with Crippen LogP contribution in [0.5, 0.6) is 17.4 Å². The smallest absolute Gasteiger partial charge is 0.283 e. The summed E-state index contributed by atoms with van der Waals surface area (Å²) in [4.78, 5) is 8.71. The molecule has 0 bridgehead atoms. The van der Waals surface area contributed by atoms with E-state index in [1.807, 2.05) is 18.2 Å². The van der Waals surface area contributed by atoms with Gasteiger partial charge in [-0.15, -0.1) is 0 Å². The quantitative estimate of drug-likeness (QED) is 0.749. The van der Waals surface area contributed by atoms with Gasteiger partial charge in [-0.2, -0.15) is 4.98 Å². The molecule has 8 heteroatoms. The number of aliphatic imine (C=N–C) groups is 1. The number of halogens is 2. The van der Waals surface area contributed by atoms with Gasteiger partial charge in [-0.25, -0.2) is 4.99 Å². The number of hydrogen-bond acceptors (Lipinski definition) is 6. The van der Waals surface area contributed by atoms with Crippen molar-refractivity contribution >= 4 is 33.6 Å². The Bertz CT molecular complexity index is 858. The lowest BCUT2D eigenvalue weighted by atomic mass is 9.82. The molecule has 1 unspecified atom stereocenters. The molecule has 4 rings (SSSR count). The highest BCUT2D eigenvalue weighted by molar-refractivity contribution is 9.10. The molecule has 0 amide bonds. The highest BCUT2D eigenvalue weighted by Crippen LogP contribution is 2.54. The highest BCUT2D eigenvalue weighted by Gasteiger charge is 2.48. The lowest BCUT2D eigenvalue weighted by Gasteiger charge is -2.33. The van der Waals surface area contributed by atoms with Crippen molar-refractivity contribution in [2.24, 2.45) is 10.7 Å². The normalized spacial score (nSPS) is 21.1. The van der Waals surface area contributed by atoms with Crippen LogP contribution in [0.3, 0.4) is 0 Å². The van der Waals surface area contributed by atoms with E-state index in [1.54, 1.807) is 6.07 Å². The van der Waals surface area contributed by atoms with E-state index in [9.17, 15) is 0 Å². The summed E-state index contributed by atoms with van der Waals surface area (Å²) in [6.07, 6.45) is 0. The molecule has 118 valence electrons. The lowest BCUT2D eigenvalue weighted by Crippen LogP contribution is -2.31. The predicted octanol–water partition coefficient (Wildman–Crippen LogP) is 3.20. The molecule has 0 saturated heterocycles. The van der Waals surface area contributed by atoms with Crippen LogP contribution in [0.4, 0.5) is 0 Å². The van der Waals surface area contributed by atoms with Crippen molar-refractivity contribution in [3.63, 3.8) is 0 Å². The summed E-state index contributed by atoms with van der Waals surface area (Å²) < 4.78 is 17.7. The molecular formula is C15H11BrClN3O3. The molecule has 0 radical (unpaired) electrons. The fraction of sp³-hybridized carbons (Fsp3) is 0.200. The Hall–Kier alpha value is -1.99. The van der Waals surface area contributed by atoms with E-state index in [0.29, 0.717) is 22.9 Å². The number of hydrogen-bond donors (Lipinski definition) is 1. The average Bonchev–Trinajstić information content (AvgIpc) is 2.91. The second kappa shape index (κ2) is 5.01. The van der Waals surface area contributed by atoms with Gasteiger partial charge in [-0.1, -0.05) is 27.5 Å². The average molecular weight is 397 g/mol. The van der Waals surface area contributed by atoms with Crippen LogP contribution in [-0.2, 0) is 10.3 Å². The number of pyridine rings is 1. The van der Waals surface area contributed by atoms with Crippen LogP contribution in [0.15, 0.2) is 33.7 Å². The summed E-state index contributed by atoms with van der Waals surface area (Å²) in [6, 6.07) is 7.49. The highest BCUT2D eigenvalue weighted by atomic mass is 79.9. The minimum Gasteiger partial charge on any atom is -0.478 e. The standard InChI is InChI=1S/C15H11BrClN3O3/c1-21-13-12-9(5-11(17)19-13)15(6-22-14(18)20-15)8-4-7(16)2-3-10(8)23-12/h2-5H,6H2,1H3,(H2,18,20). The van der Waals surface area contributed by atoms with E-state index in [2.05, 4.69) is 25.9 Å². The first-order chi connectivity index (χ1) is 11.0. The zero-order chi connectivity index (χ0) is 16.2. The van der Waals surface area contributed by atoms with Crippen molar-refractivity contribution in [1.82, 2.24) is 4.98 Å². The maximum Gasteiger partial charge on any atom is 0.283 e. The Balaban J connectivity index is 2.07. The summed E-state index contributed by atoms with van der Waals surface area (Å²) >= 11 is 9.62. The third kappa shape index (κ3) is 2.07. The van der Waals surface area contributed by atoms with Crippen molar-refractivity contribution in [2.75, 3.05) is 13.7 Å². The van der Waals surface area contributed by atoms with Gasteiger partial charge in [0, 0.05) is 15.6 Å². The number of fused-ring (bicyclic) bond motifs is 4. The van der Waals surface area contributed by atoms with Crippen LogP contribution in [0.2, 0.25) is 5.15 Å². The molecule has 2 aliphatic rings. The maximum absolute atomic E-state index is 6.14. The molecule has 6 nitrogen and oxygen atoms in total. The summed E-state index contributed by atoms with van der Waals surface area (Å²) in [5.41, 5.74) is 6.51. The number of ether oxygens (including phenoxy) is 3. The Morgan fingerprint density at radius 3 is 2.87 bits per heavy atom. The fourth-order valence-corrected chi connectivity index (χ4v) is 3.45. The van der Waals surface area contributed by atoms with E-state index in [-0.39, 0.29) is 17.8 Å². The van der Waals surface area contributed by atoms with Crippen molar-refractivity contribution in [2.45, 2.75) is 5.54 Å². The molecule has 2 N–H and O–H groups in total. The van der Waals surface area contributed by atoms with Crippen molar-refractivity contribution < 1.29 is 14.2 Å². The van der Waals surface area contributed by atoms with Crippen LogP contribution < -0.4 is 15.2 Å². The fourth-order valence-electron chi connectivity index (χ4n) is 2.90. The minimum absolute atomic E-state index is 0.121. The lowest BCUT2D eigenvalue weighted by molar-refractivity contribution is 0.260. The van der Waals surface area contributed by atoms with Gasteiger partial charge in [0.1, 0.15) is 17.5 Å². The number of methoxy groups -OCH3 is 1. The van der Waals surface area contributed by atoms with Crippen molar-refractivity contribution in [3.8, 4) is 17.4 Å². The van der Waals surface area contributed by atoms with Gasteiger partial charge in [0.15, 0.2) is 11.3 Å². The monoisotopic (exact) mass is 395 g/mol. The summed E-state index contributed by atoms with van der Waals surface area (Å²) in [6.45, 7) is 0.252. The van der Waals surface area contributed by atoms with E-state index in [4.69, 9.17) is 31.5 Å². The predicted molar refractivity (Wildman–Crippen MR) is 88.4 cm³/mol. The molecule has 0 aliphatic carbocycles. The maximum atomic E-state index is 6.14. The topological polar surface area (TPSA) is 79.0 Å². The second-order valence-corrected chi connectivity index (χ2v) is 6.48. The zero-order valence-corrected chi connectivity index (χ0v) is 14.3. The molecule has 1 aromatic carbocycles. The summed E-state index contributed by atoms with van der Waals surface area (Å²) in [5.74, 6) is 1.40. The van der Waals surface area contributed by atoms with Crippen LogP contribution in [0, 0.1) is 0 Å². The third-order valence-corrected chi connectivity index (χ3v) is 4.57. The van der Waals surface area contributed by atoms with Crippen LogP contribution >= 0.6 is 27.5 Å². The van der Waals surface area contributed by atoms with Gasteiger partial charge in [0.2, 0.25) is 0 Å². The Morgan fingerprint density at radius 1 is 1.35 bits per heavy atom. The third-order valence-electron chi connectivity index (χ3n) is 3.88. The molecule has 1 aromatic heterocycles. The molecule has 0 fully saturated rings. The molecule has 1 spiro atoms. The minimum atomic E-state index is -0.837. The van der Waals surface area contributed by atoms with E-state index >= 15 is 0 Å². The summed E-state index contributed by atoms with van der Waals surface area (Å²) in [5, 5.41) is 0.280. The zero-order valence-electron chi connectivity index (χ0n) is 12.0. The van der Waals surface area contributed by atoms with Gasteiger partial charge in [-0.05, 0) is 24.3 Å². The molecule has 2 aromatic rings. The molecule has 0 saturated carbocycles. The van der Waals surface area contributed by atoms with Crippen molar-refractivity contribution in [3.05, 3.63) is 45.0 Å². The molecule has 2 aliphatic heterocycles. The Labute approximate surface area is 145 Å². The van der Waals surface area contributed by atoms with Crippen LogP contribution in [0.1, 0.15) is 11.1 Å². The largest absolute Gasteiger partial charge is 0.478 e. The number of nitrogens with zero attached hydrogens (tertiary/aromatic N) is 2. The number of benzene rings is 1. The Kier molecular flexibility index (Phi) is 3.18. The first kappa shape index (κ1) is 14.6. The summed E-state index contributed by atoms with van der Waals surface area (Å²) in [7, 11) is 1.51. The van der Waals surface area contributed by atoms with Gasteiger partial charge in [0.25, 0.3) is 11.9 Å². The van der Waals surface area contributed by atoms with E-state index in [1.165, 1.54) is 7.11 Å². The SMILES string of the molecule is COc1nc(Cl)cc2c1Oc1ccc(Br)cc1C21COC(N)=N1. The van der Waals surface area contributed by atoms with E-state index in [0.717, 1.165) is 10.0 Å². The molecule has 1 atom stereocenters. The first-order valence-electron chi connectivity index (χ1n) is 6.74. The van der Waals surface area contributed by atoms with Gasteiger partial charge in [-0.3, -0.25) is 0 Å². The number of nitrogens with two attached hydrogens (primary N) is 1. The number of aromatic nitrogens is 1. The number of amidine groups is 1. The first-order valence-corrected chi connectivity index (χ1v) is 7.91. The second-order valence-electron chi connectivity index (χ2n) is 5.17. The molecule has 23 heavy (non-hydrogen) atoms. The number of rotatable bonds is 1. The van der Waals surface area contributed by atoms with Gasteiger partial charge in [0.05, 0.1) is 7.11 Å². The molecule has 3 heterocycles. The van der Waals surface area contributed by atoms with Gasteiger partial charge < -0.3 is 19.9 Å². The molecular weight excluding hydrogens is 386 g/mol. The van der Waals surface area contributed by atoms with Crippen molar-refractivity contribution in [1.29, 1.82) is 0 Å². The Morgan fingerprint density at radius 2 is 2.17 bits per heavy atom. The van der Waals surface area contributed by atoms with Crippen LogP contribution in [-0.4, -0.2) is 24.7 Å². The van der Waals surface area contributed by atoms with Gasteiger partial charge >= 0.3 is 0 Å².